The molecule has 0 atom stereocenters. The van der Waals surface area contributed by atoms with Gasteiger partial charge in [0, 0.05) is 25.7 Å². The lowest BCUT2D eigenvalue weighted by Gasteiger charge is -2.03. The Morgan fingerprint density at radius 3 is 3.07 bits per heavy atom. The summed E-state index contributed by atoms with van der Waals surface area (Å²) < 4.78 is 0. The molecular weight excluding hydrogens is 202 g/mol. The normalized spacial score (nSPS) is 12.0. The summed E-state index contributed by atoms with van der Waals surface area (Å²) in [4.78, 5) is 11.7. The Bertz CT molecular complexity index is 361. The van der Waals surface area contributed by atoms with Gasteiger partial charge in [0.1, 0.15) is 5.15 Å². The van der Waals surface area contributed by atoms with Crippen molar-refractivity contribution in [3.63, 3.8) is 0 Å². The summed E-state index contributed by atoms with van der Waals surface area (Å²) in [6.07, 6.45) is 4.48. The summed E-state index contributed by atoms with van der Waals surface area (Å²) in [5.74, 6) is 0.383. The zero-order chi connectivity index (χ0) is 10.4. The monoisotopic (exact) mass is 211 g/mol. The molecule has 0 aromatic carbocycles. The lowest BCUT2D eigenvalue weighted by Crippen LogP contribution is -2.06. The molecule has 6 heteroatoms. The van der Waals surface area contributed by atoms with E-state index in [0.29, 0.717) is 16.8 Å². The van der Waals surface area contributed by atoms with Gasteiger partial charge in [-0.2, -0.15) is 0 Å². The van der Waals surface area contributed by atoms with Gasteiger partial charge in [-0.3, -0.25) is 4.99 Å². The van der Waals surface area contributed by atoms with E-state index in [-0.39, 0.29) is 0 Å². The first-order valence-corrected chi connectivity index (χ1v) is 4.23. The van der Waals surface area contributed by atoms with Crippen molar-refractivity contribution < 1.29 is 0 Å². The Morgan fingerprint density at radius 1 is 1.71 bits per heavy atom. The summed E-state index contributed by atoms with van der Waals surface area (Å²) in [7, 11) is 1.64. The van der Waals surface area contributed by atoms with E-state index in [0.717, 1.165) is 0 Å². The predicted molar refractivity (Wildman–Crippen MR) is 57.4 cm³/mol. The van der Waals surface area contributed by atoms with Crippen LogP contribution in [0.2, 0.25) is 5.15 Å². The average molecular weight is 212 g/mol. The first-order valence-electron chi connectivity index (χ1n) is 3.86. The fourth-order valence-corrected chi connectivity index (χ4v) is 0.918. The minimum absolute atomic E-state index is 0.368. The zero-order valence-electron chi connectivity index (χ0n) is 7.61. The number of aromatic nitrogens is 2. The van der Waals surface area contributed by atoms with Crippen LogP contribution in [0.4, 0.5) is 5.95 Å². The van der Waals surface area contributed by atoms with Crippen molar-refractivity contribution in [1.29, 1.82) is 0 Å². The standard InChI is InChI=1S/C8H10ClN5/c1-11-5-6(4-10)13-8-12-3-2-7(9)14-8/h2-5H,10H2,1H3,(H,12,13,14)/b6-4+,11-5?. The van der Waals surface area contributed by atoms with E-state index in [9.17, 15) is 0 Å². The Labute approximate surface area is 86.7 Å². The molecule has 5 nitrogen and oxygen atoms in total. The molecule has 0 radical (unpaired) electrons. The number of nitrogens with one attached hydrogen (secondary N) is 1. The van der Waals surface area contributed by atoms with Crippen LogP contribution in [-0.4, -0.2) is 23.2 Å². The molecule has 0 fully saturated rings. The van der Waals surface area contributed by atoms with E-state index in [4.69, 9.17) is 17.3 Å². The second kappa shape index (κ2) is 5.18. The highest BCUT2D eigenvalue weighted by atomic mass is 35.5. The molecule has 0 unspecified atom stereocenters. The lowest BCUT2D eigenvalue weighted by atomic mass is 10.5. The Kier molecular flexibility index (Phi) is 3.87. The number of nitrogens with two attached hydrogens (primary N) is 1. The maximum Gasteiger partial charge on any atom is 0.228 e. The smallest absolute Gasteiger partial charge is 0.228 e. The highest BCUT2D eigenvalue weighted by Crippen LogP contribution is 2.06. The Hall–Kier alpha value is -1.62. The van der Waals surface area contributed by atoms with Gasteiger partial charge in [0.15, 0.2) is 0 Å². The van der Waals surface area contributed by atoms with E-state index in [1.54, 1.807) is 25.5 Å². The molecule has 74 valence electrons. The van der Waals surface area contributed by atoms with Gasteiger partial charge in [-0.1, -0.05) is 11.6 Å². The number of anilines is 1. The number of halogens is 1. The maximum absolute atomic E-state index is 5.67. The number of rotatable bonds is 3. The molecule has 0 bridgehead atoms. The van der Waals surface area contributed by atoms with E-state index in [1.807, 2.05) is 0 Å². The zero-order valence-corrected chi connectivity index (χ0v) is 8.36. The quantitative estimate of drug-likeness (QED) is 0.579. The van der Waals surface area contributed by atoms with Crippen LogP contribution in [-0.2, 0) is 0 Å². The molecular formula is C8H10ClN5. The van der Waals surface area contributed by atoms with Crippen LogP contribution < -0.4 is 11.1 Å². The van der Waals surface area contributed by atoms with Crippen molar-refractivity contribution in [2.24, 2.45) is 10.7 Å². The van der Waals surface area contributed by atoms with Gasteiger partial charge in [0.05, 0.1) is 5.70 Å². The second-order valence-corrected chi connectivity index (χ2v) is 2.72. The third-order valence-electron chi connectivity index (χ3n) is 1.33. The number of nitrogens with zero attached hydrogens (tertiary/aromatic N) is 3. The van der Waals surface area contributed by atoms with Crippen molar-refractivity contribution in [3.8, 4) is 0 Å². The highest BCUT2D eigenvalue weighted by molar-refractivity contribution is 6.29. The van der Waals surface area contributed by atoms with E-state index >= 15 is 0 Å². The maximum atomic E-state index is 5.67. The van der Waals surface area contributed by atoms with Gasteiger partial charge in [-0.25, -0.2) is 9.97 Å². The molecule has 0 spiro atoms. The van der Waals surface area contributed by atoms with Crippen molar-refractivity contribution in [1.82, 2.24) is 9.97 Å². The van der Waals surface area contributed by atoms with Crippen LogP contribution >= 0.6 is 11.6 Å². The van der Waals surface area contributed by atoms with Gasteiger partial charge in [-0.05, 0) is 6.07 Å². The summed E-state index contributed by atoms with van der Waals surface area (Å²) >= 11 is 5.67. The van der Waals surface area contributed by atoms with Gasteiger partial charge in [0.25, 0.3) is 0 Å². The van der Waals surface area contributed by atoms with Crippen molar-refractivity contribution >= 4 is 23.8 Å². The number of hydrogen-bond acceptors (Lipinski definition) is 5. The van der Waals surface area contributed by atoms with E-state index in [2.05, 4.69) is 20.3 Å². The molecule has 1 aromatic rings. The van der Waals surface area contributed by atoms with Crippen LogP contribution in [0.1, 0.15) is 0 Å². The molecule has 1 aromatic heterocycles. The van der Waals surface area contributed by atoms with Crippen LogP contribution in [0.25, 0.3) is 0 Å². The Morgan fingerprint density at radius 2 is 2.50 bits per heavy atom. The largest absolute Gasteiger partial charge is 0.403 e. The first kappa shape index (κ1) is 10.5. The van der Waals surface area contributed by atoms with E-state index in [1.165, 1.54) is 6.20 Å². The highest BCUT2D eigenvalue weighted by Gasteiger charge is 1.97. The van der Waals surface area contributed by atoms with Gasteiger partial charge in [-0.15, -0.1) is 0 Å². The topological polar surface area (TPSA) is 76.2 Å². The summed E-state index contributed by atoms with van der Waals surface area (Å²) in [5.41, 5.74) is 5.95. The van der Waals surface area contributed by atoms with E-state index < -0.39 is 0 Å². The molecule has 0 amide bonds. The molecule has 0 aliphatic rings. The van der Waals surface area contributed by atoms with Crippen molar-refractivity contribution in [3.05, 3.63) is 29.3 Å². The molecule has 14 heavy (non-hydrogen) atoms. The molecule has 0 saturated carbocycles. The van der Waals surface area contributed by atoms with Crippen molar-refractivity contribution in [2.75, 3.05) is 12.4 Å². The summed E-state index contributed by atoms with van der Waals surface area (Å²) in [6.45, 7) is 0. The molecule has 3 N–H and O–H groups in total. The minimum atomic E-state index is 0.368. The average Bonchev–Trinajstić information content (AvgIpc) is 2.17. The molecule has 0 aliphatic heterocycles. The molecule has 0 saturated heterocycles. The fraction of sp³-hybridized carbons (Fsp3) is 0.125. The van der Waals surface area contributed by atoms with Crippen LogP contribution in [0.15, 0.2) is 29.2 Å². The number of allylic oxidation sites excluding steroid dienone is 1. The molecule has 1 heterocycles. The van der Waals surface area contributed by atoms with Crippen LogP contribution in [0.3, 0.4) is 0 Å². The third kappa shape index (κ3) is 3.02. The minimum Gasteiger partial charge on any atom is -0.403 e. The van der Waals surface area contributed by atoms with Gasteiger partial charge < -0.3 is 11.1 Å². The number of aliphatic imine (C=N–C) groups is 1. The first-order chi connectivity index (χ1) is 6.76. The molecule has 1 rings (SSSR count). The molecule has 0 aliphatic carbocycles. The predicted octanol–water partition coefficient (Wildman–Crippen LogP) is 1.04. The fourth-order valence-electron chi connectivity index (χ4n) is 0.782. The Balaban J connectivity index is 2.77. The van der Waals surface area contributed by atoms with Crippen molar-refractivity contribution in [2.45, 2.75) is 0 Å². The van der Waals surface area contributed by atoms with Gasteiger partial charge in [0.2, 0.25) is 5.95 Å². The van der Waals surface area contributed by atoms with Gasteiger partial charge >= 0.3 is 0 Å². The summed E-state index contributed by atoms with van der Waals surface area (Å²) in [5, 5.41) is 3.22. The van der Waals surface area contributed by atoms with Crippen LogP contribution in [0.5, 0.6) is 0 Å². The number of hydrogen-bond donors (Lipinski definition) is 2. The third-order valence-corrected chi connectivity index (χ3v) is 1.54. The lowest BCUT2D eigenvalue weighted by molar-refractivity contribution is 1.15. The second-order valence-electron chi connectivity index (χ2n) is 2.34. The summed E-state index contributed by atoms with van der Waals surface area (Å²) in [6, 6.07) is 1.59. The SMILES string of the molecule is CN=C/C(=C\N)Nc1nccc(Cl)n1. The van der Waals surface area contributed by atoms with Crippen LogP contribution in [0, 0.1) is 0 Å².